The van der Waals surface area contributed by atoms with Crippen LogP contribution in [0.5, 0.6) is 0 Å². The Morgan fingerprint density at radius 1 is 1.11 bits per heavy atom. The third-order valence-corrected chi connectivity index (χ3v) is 4.01. The van der Waals surface area contributed by atoms with E-state index >= 15 is 0 Å². The molecule has 0 fully saturated rings. The van der Waals surface area contributed by atoms with Crippen LogP contribution in [0.4, 0.5) is 11.4 Å². The molecule has 2 aromatic carbocycles. The molecular formula is C17H15Cl2N3O5. The van der Waals surface area contributed by atoms with Crippen molar-refractivity contribution in [3.8, 4) is 0 Å². The zero-order valence-electron chi connectivity index (χ0n) is 14.1. The molecule has 2 aromatic rings. The molecule has 0 saturated carbocycles. The standard InChI is InChI=1S/C17H15Cl2N3O5/c1-27-7-6-20-16(23)12-5-3-11(9-14(12)19)21-17(24)13-4-2-10(18)8-15(13)22(25)26/h2-5,8-9H,6-7H2,1H3,(H,20,23)(H,21,24). The number of nitrogens with one attached hydrogen (secondary N) is 2. The van der Waals surface area contributed by atoms with Crippen molar-refractivity contribution >= 4 is 46.4 Å². The third-order valence-electron chi connectivity index (χ3n) is 3.46. The SMILES string of the molecule is COCCNC(=O)c1ccc(NC(=O)c2ccc(Cl)cc2[N+](=O)[O-])cc1Cl. The molecule has 0 unspecified atom stereocenters. The summed E-state index contributed by atoms with van der Waals surface area (Å²) in [6.45, 7) is 0.682. The molecule has 0 atom stereocenters. The van der Waals surface area contributed by atoms with Gasteiger partial charge in [0.15, 0.2) is 0 Å². The van der Waals surface area contributed by atoms with Gasteiger partial charge < -0.3 is 15.4 Å². The second kappa shape index (κ2) is 9.31. The van der Waals surface area contributed by atoms with E-state index in [4.69, 9.17) is 27.9 Å². The summed E-state index contributed by atoms with van der Waals surface area (Å²) in [6, 6.07) is 8.02. The summed E-state index contributed by atoms with van der Waals surface area (Å²) in [5.74, 6) is -1.09. The molecule has 0 heterocycles. The molecule has 0 saturated heterocycles. The average molecular weight is 412 g/mol. The Kier molecular flexibility index (Phi) is 7.12. The number of ether oxygens (including phenoxy) is 1. The number of methoxy groups -OCH3 is 1. The molecule has 0 bridgehead atoms. The van der Waals surface area contributed by atoms with Crippen LogP contribution in [0.25, 0.3) is 0 Å². The normalized spacial score (nSPS) is 10.3. The van der Waals surface area contributed by atoms with Crippen LogP contribution >= 0.6 is 23.2 Å². The van der Waals surface area contributed by atoms with E-state index in [2.05, 4.69) is 10.6 Å². The van der Waals surface area contributed by atoms with Gasteiger partial charge in [-0.15, -0.1) is 0 Å². The fourth-order valence-corrected chi connectivity index (χ4v) is 2.62. The number of carbonyl (C=O) groups excluding carboxylic acids is 2. The summed E-state index contributed by atoms with van der Waals surface area (Å²) < 4.78 is 4.85. The maximum Gasteiger partial charge on any atom is 0.283 e. The lowest BCUT2D eigenvalue weighted by molar-refractivity contribution is -0.385. The van der Waals surface area contributed by atoms with Crippen molar-refractivity contribution in [3.63, 3.8) is 0 Å². The minimum atomic E-state index is -0.702. The van der Waals surface area contributed by atoms with Crippen molar-refractivity contribution < 1.29 is 19.2 Å². The second-order valence-electron chi connectivity index (χ2n) is 5.32. The fourth-order valence-electron chi connectivity index (χ4n) is 2.19. The van der Waals surface area contributed by atoms with Gasteiger partial charge in [0.1, 0.15) is 5.56 Å². The first-order chi connectivity index (χ1) is 12.8. The van der Waals surface area contributed by atoms with E-state index in [1.165, 1.54) is 37.4 Å². The van der Waals surface area contributed by atoms with Gasteiger partial charge in [-0.1, -0.05) is 23.2 Å². The zero-order valence-corrected chi connectivity index (χ0v) is 15.6. The Balaban J connectivity index is 2.17. The molecule has 27 heavy (non-hydrogen) atoms. The molecule has 0 aliphatic carbocycles. The number of nitrogens with zero attached hydrogens (tertiary/aromatic N) is 1. The summed E-state index contributed by atoms with van der Waals surface area (Å²) in [5.41, 5.74) is -0.0620. The third kappa shape index (κ3) is 5.40. The van der Waals surface area contributed by atoms with Crippen molar-refractivity contribution in [2.75, 3.05) is 25.6 Å². The van der Waals surface area contributed by atoms with Crippen molar-refractivity contribution in [3.05, 3.63) is 67.7 Å². The summed E-state index contributed by atoms with van der Waals surface area (Å²) in [5, 5.41) is 16.5. The lowest BCUT2D eigenvalue weighted by Gasteiger charge is -2.10. The minimum absolute atomic E-state index is 0.119. The Hall–Kier alpha value is -2.68. The van der Waals surface area contributed by atoms with Crippen molar-refractivity contribution in [2.24, 2.45) is 0 Å². The number of hydrogen-bond donors (Lipinski definition) is 2. The first kappa shape index (κ1) is 20.6. The minimum Gasteiger partial charge on any atom is -0.383 e. The number of nitro benzene ring substituents is 1. The highest BCUT2D eigenvalue weighted by Crippen LogP contribution is 2.26. The molecule has 0 aliphatic rings. The van der Waals surface area contributed by atoms with Gasteiger partial charge in [0.05, 0.1) is 22.1 Å². The maximum absolute atomic E-state index is 12.4. The van der Waals surface area contributed by atoms with E-state index in [0.29, 0.717) is 13.2 Å². The predicted molar refractivity (Wildman–Crippen MR) is 102 cm³/mol. The Morgan fingerprint density at radius 2 is 1.81 bits per heavy atom. The molecule has 2 N–H and O–H groups in total. The largest absolute Gasteiger partial charge is 0.383 e. The summed E-state index contributed by atoms with van der Waals surface area (Å²) in [7, 11) is 1.52. The lowest BCUT2D eigenvalue weighted by Crippen LogP contribution is -2.27. The predicted octanol–water partition coefficient (Wildman–Crippen LogP) is 3.53. The number of nitro groups is 1. The van der Waals surface area contributed by atoms with Crippen LogP contribution in [-0.4, -0.2) is 37.0 Å². The first-order valence-electron chi connectivity index (χ1n) is 7.65. The van der Waals surface area contributed by atoms with E-state index in [1.54, 1.807) is 0 Å². The van der Waals surface area contributed by atoms with Crippen LogP contribution in [0.3, 0.4) is 0 Å². The van der Waals surface area contributed by atoms with Gasteiger partial charge in [-0.05, 0) is 30.3 Å². The van der Waals surface area contributed by atoms with E-state index < -0.39 is 16.5 Å². The van der Waals surface area contributed by atoms with Gasteiger partial charge in [0.25, 0.3) is 17.5 Å². The van der Waals surface area contributed by atoms with E-state index in [0.717, 1.165) is 6.07 Å². The number of rotatable bonds is 7. The number of hydrogen-bond acceptors (Lipinski definition) is 5. The van der Waals surface area contributed by atoms with Crippen LogP contribution in [0, 0.1) is 10.1 Å². The van der Waals surface area contributed by atoms with E-state index in [-0.39, 0.29) is 32.8 Å². The number of anilines is 1. The van der Waals surface area contributed by atoms with Gasteiger partial charge in [0, 0.05) is 30.4 Å². The molecule has 0 aliphatic heterocycles. The Morgan fingerprint density at radius 3 is 2.44 bits per heavy atom. The highest BCUT2D eigenvalue weighted by atomic mass is 35.5. The molecular weight excluding hydrogens is 397 g/mol. The number of carbonyl (C=O) groups is 2. The molecule has 0 radical (unpaired) electrons. The average Bonchev–Trinajstić information content (AvgIpc) is 2.61. The van der Waals surface area contributed by atoms with Gasteiger partial charge in [-0.2, -0.15) is 0 Å². The summed E-state index contributed by atoms with van der Waals surface area (Å²) in [6.07, 6.45) is 0. The molecule has 8 nitrogen and oxygen atoms in total. The smallest absolute Gasteiger partial charge is 0.283 e. The van der Waals surface area contributed by atoms with E-state index in [1.807, 2.05) is 0 Å². The molecule has 0 spiro atoms. The van der Waals surface area contributed by atoms with Crippen LogP contribution < -0.4 is 10.6 Å². The van der Waals surface area contributed by atoms with Crippen LogP contribution in [0.2, 0.25) is 10.0 Å². The Bertz CT molecular complexity index is 889. The molecule has 0 aromatic heterocycles. The quantitative estimate of drug-likeness (QED) is 0.411. The number of amides is 2. The summed E-state index contributed by atoms with van der Waals surface area (Å²) in [4.78, 5) is 34.8. The van der Waals surface area contributed by atoms with Crippen LogP contribution in [0.1, 0.15) is 20.7 Å². The summed E-state index contributed by atoms with van der Waals surface area (Å²) >= 11 is 11.8. The molecule has 2 amide bonds. The zero-order chi connectivity index (χ0) is 20.0. The van der Waals surface area contributed by atoms with Gasteiger partial charge in [-0.25, -0.2) is 0 Å². The molecule has 142 valence electrons. The number of benzene rings is 2. The molecule has 10 heteroatoms. The second-order valence-corrected chi connectivity index (χ2v) is 6.16. The topological polar surface area (TPSA) is 111 Å². The van der Waals surface area contributed by atoms with Gasteiger partial charge >= 0.3 is 0 Å². The van der Waals surface area contributed by atoms with E-state index in [9.17, 15) is 19.7 Å². The molecule has 2 rings (SSSR count). The van der Waals surface area contributed by atoms with Crippen molar-refractivity contribution in [2.45, 2.75) is 0 Å². The van der Waals surface area contributed by atoms with Gasteiger partial charge in [-0.3, -0.25) is 19.7 Å². The number of halogens is 2. The van der Waals surface area contributed by atoms with Crippen molar-refractivity contribution in [1.82, 2.24) is 5.32 Å². The highest BCUT2D eigenvalue weighted by Gasteiger charge is 2.21. The van der Waals surface area contributed by atoms with Crippen LogP contribution in [0.15, 0.2) is 36.4 Å². The monoisotopic (exact) mass is 411 g/mol. The van der Waals surface area contributed by atoms with Crippen LogP contribution in [-0.2, 0) is 4.74 Å². The van der Waals surface area contributed by atoms with Crippen molar-refractivity contribution in [1.29, 1.82) is 0 Å². The maximum atomic E-state index is 12.4. The fraction of sp³-hybridized carbons (Fsp3) is 0.176. The lowest BCUT2D eigenvalue weighted by atomic mass is 10.1. The highest BCUT2D eigenvalue weighted by molar-refractivity contribution is 6.34. The Labute approximate surface area is 164 Å². The first-order valence-corrected chi connectivity index (χ1v) is 8.41. The van der Waals surface area contributed by atoms with Gasteiger partial charge in [0.2, 0.25) is 0 Å².